The van der Waals surface area contributed by atoms with Crippen molar-refractivity contribution in [2.45, 2.75) is 30.5 Å². The van der Waals surface area contributed by atoms with E-state index in [-0.39, 0.29) is 31.3 Å². The number of aliphatic hydroxyl groups excluding tert-OH is 1. The Balaban J connectivity index is 1.57. The normalized spacial score (nSPS) is 17.6. The number of piperidine rings is 1. The van der Waals surface area contributed by atoms with Crippen LogP contribution in [0.25, 0.3) is 17.1 Å². The number of sulfone groups is 1. The molecule has 1 saturated heterocycles. The average Bonchev–Trinajstić information content (AvgIpc) is 3.34. The highest BCUT2D eigenvalue weighted by Gasteiger charge is 2.37. The third-order valence-electron chi connectivity index (χ3n) is 6.61. The van der Waals surface area contributed by atoms with Crippen LogP contribution in [-0.2, 0) is 15.6 Å². The molecule has 1 aliphatic heterocycles. The van der Waals surface area contributed by atoms with Crippen molar-refractivity contribution < 1.29 is 27.4 Å². The zero-order valence-corrected chi connectivity index (χ0v) is 22.9. The van der Waals surface area contributed by atoms with E-state index in [1.54, 1.807) is 35.2 Å². The SMILES string of the molecule is COc1cccc(OC)c1-n1c(CS(=O)(=O)[C@H]2C[C@H](O)CN(c3ncc(F)cn3)C2)nnc1-c1cncc(C)c1. The predicted octanol–water partition coefficient (Wildman–Crippen LogP) is 2.14. The predicted molar refractivity (Wildman–Crippen MR) is 144 cm³/mol. The second-order valence-electron chi connectivity index (χ2n) is 9.46. The lowest BCUT2D eigenvalue weighted by Gasteiger charge is -2.35. The molecule has 5 rings (SSSR count). The van der Waals surface area contributed by atoms with Gasteiger partial charge in [-0.2, -0.15) is 0 Å². The molecule has 40 heavy (non-hydrogen) atoms. The molecule has 12 nitrogen and oxygen atoms in total. The van der Waals surface area contributed by atoms with Gasteiger partial charge in [-0.1, -0.05) is 6.07 Å². The van der Waals surface area contributed by atoms with Crippen molar-refractivity contribution in [1.29, 1.82) is 0 Å². The van der Waals surface area contributed by atoms with Crippen LogP contribution in [0.5, 0.6) is 11.5 Å². The molecule has 0 amide bonds. The minimum atomic E-state index is -3.92. The summed E-state index contributed by atoms with van der Waals surface area (Å²) in [5.41, 5.74) is 1.94. The summed E-state index contributed by atoms with van der Waals surface area (Å²) in [5, 5.41) is 18.2. The van der Waals surface area contributed by atoms with Crippen molar-refractivity contribution in [3.8, 4) is 28.6 Å². The first-order valence-corrected chi connectivity index (χ1v) is 14.1. The van der Waals surface area contributed by atoms with E-state index in [9.17, 15) is 17.9 Å². The zero-order chi connectivity index (χ0) is 28.4. The lowest BCUT2D eigenvalue weighted by Crippen LogP contribution is -2.49. The fraction of sp³-hybridized carbons (Fsp3) is 0.346. The van der Waals surface area contributed by atoms with Gasteiger partial charge in [0.25, 0.3) is 0 Å². The largest absolute Gasteiger partial charge is 0.494 e. The van der Waals surface area contributed by atoms with Gasteiger partial charge in [-0.15, -0.1) is 10.2 Å². The van der Waals surface area contributed by atoms with Crippen LogP contribution >= 0.6 is 0 Å². The molecule has 14 heteroatoms. The summed E-state index contributed by atoms with van der Waals surface area (Å²) in [6, 6.07) is 7.08. The number of β-amino-alcohol motifs (C(OH)–C–C–N with tert-alkyl or cyclic N) is 1. The minimum Gasteiger partial charge on any atom is -0.494 e. The molecule has 0 radical (unpaired) electrons. The maximum absolute atomic E-state index is 13.8. The number of methoxy groups -OCH3 is 2. The van der Waals surface area contributed by atoms with E-state index >= 15 is 0 Å². The molecule has 0 bridgehead atoms. The van der Waals surface area contributed by atoms with Crippen LogP contribution in [0.15, 0.2) is 49.1 Å². The molecule has 1 aromatic carbocycles. The van der Waals surface area contributed by atoms with Crippen LogP contribution in [0.2, 0.25) is 0 Å². The Labute approximate surface area is 230 Å². The lowest BCUT2D eigenvalue weighted by atomic mass is 10.1. The molecule has 210 valence electrons. The van der Waals surface area contributed by atoms with Gasteiger partial charge in [0.05, 0.1) is 38.0 Å². The van der Waals surface area contributed by atoms with Crippen LogP contribution < -0.4 is 14.4 Å². The third kappa shape index (κ3) is 5.45. The van der Waals surface area contributed by atoms with Crippen molar-refractivity contribution in [3.05, 3.63) is 66.3 Å². The number of halogens is 1. The molecule has 1 aliphatic rings. The van der Waals surface area contributed by atoms with Crippen LogP contribution in [0.4, 0.5) is 10.3 Å². The maximum Gasteiger partial charge on any atom is 0.225 e. The number of hydrogen-bond donors (Lipinski definition) is 1. The van der Waals surface area contributed by atoms with Gasteiger partial charge >= 0.3 is 0 Å². The quantitative estimate of drug-likeness (QED) is 0.333. The van der Waals surface area contributed by atoms with Crippen LogP contribution in [-0.4, -0.2) is 81.9 Å². The Morgan fingerprint density at radius 3 is 2.40 bits per heavy atom. The molecule has 4 aromatic rings. The molecule has 4 heterocycles. The zero-order valence-electron chi connectivity index (χ0n) is 22.1. The molecule has 2 atom stereocenters. The topological polar surface area (TPSA) is 145 Å². The molecule has 0 spiro atoms. The van der Waals surface area contributed by atoms with Crippen LogP contribution in [0.1, 0.15) is 17.8 Å². The van der Waals surface area contributed by atoms with E-state index in [0.29, 0.717) is 28.6 Å². The number of aliphatic hydroxyl groups is 1. The number of benzene rings is 1. The van der Waals surface area contributed by atoms with Gasteiger partial charge in [0, 0.05) is 31.0 Å². The molecule has 0 saturated carbocycles. The second kappa shape index (κ2) is 11.1. The highest BCUT2D eigenvalue weighted by atomic mass is 32.2. The highest BCUT2D eigenvalue weighted by Crippen LogP contribution is 2.37. The number of pyridine rings is 1. The first kappa shape index (κ1) is 27.4. The summed E-state index contributed by atoms with van der Waals surface area (Å²) in [6.45, 7) is 2.03. The number of ether oxygens (including phenoxy) is 2. The van der Waals surface area contributed by atoms with Crippen molar-refractivity contribution in [3.63, 3.8) is 0 Å². The number of anilines is 1. The van der Waals surface area contributed by atoms with E-state index in [1.165, 1.54) is 19.1 Å². The van der Waals surface area contributed by atoms with E-state index in [0.717, 1.165) is 18.0 Å². The van der Waals surface area contributed by atoms with Gasteiger partial charge in [0.1, 0.15) is 22.9 Å². The van der Waals surface area contributed by atoms with E-state index in [1.807, 2.05) is 13.0 Å². The van der Waals surface area contributed by atoms with E-state index < -0.39 is 32.8 Å². The maximum atomic E-state index is 13.8. The van der Waals surface area contributed by atoms with Crippen molar-refractivity contribution in [2.24, 2.45) is 0 Å². The minimum absolute atomic E-state index is 0.0147. The lowest BCUT2D eigenvalue weighted by molar-refractivity contribution is 0.154. The standard InChI is InChI=1S/C26H28FN7O5S/c1-16-7-17(10-28-9-16)25-32-31-23(34(25)24-21(38-2)5-4-6-22(24)39-3)15-40(36,37)20-8-19(35)13-33(14-20)26-29-11-18(27)12-30-26/h4-7,9-12,19-20,35H,8,13-15H2,1-3H3/t19-,20-/m0/s1. The van der Waals surface area contributed by atoms with Crippen molar-refractivity contribution in [2.75, 3.05) is 32.2 Å². The third-order valence-corrected chi connectivity index (χ3v) is 8.62. The number of nitrogens with zero attached hydrogens (tertiary/aromatic N) is 7. The summed E-state index contributed by atoms with van der Waals surface area (Å²) >= 11 is 0. The number of aromatic nitrogens is 6. The van der Waals surface area contributed by atoms with Crippen LogP contribution in [0, 0.1) is 12.7 Å². The number of hydrogen-bond acceptors (Lipinski definition) is 11. The van der Waals surface area contributed by atoms with Gasteiger partial charge in [-0.05, 0) is 37.1 Å². The Hall–Kier alpha value is -4.17. The molecule has 0 aliphatic carbocycles. The summed E-state index contributed by atoms with van der Waals surface area (Å²) in [5.74, 6) is 0.362. The van der Waals surface area contributed by atoms with Crippen molar-refractivity contribution in [1.82, 2.24) is 29.7 Å². The second-order valence-corrected chi connectivity index (χ2v) is 11.7. The summed E-state index contributed by atoms with van der Waals surface area (Å²) in [4.78, 5) is 13.7. The first-order valence-electron chi connectivity index (χ1n) is 12.4. The number of aryl methyl sites for hydroxylation is 1. The molecule has 1 N–H and O–H groups in total. The Morgan fingerprint density at radius 2 is 1.75 bits per heavy atom. The Bertz CT molecular complexity index is 1590. The van der Waals surface area contributed by atoms with Gasteiger partial charge in [-0.25, -0.2) is 22.8 Å². The van der Waals surface area contributed by atoms with Gasteiger partial charge in [-0.3, -0.25) is 9.55 Å². The van der Waals surface area contributed by atoms with Gasteiger partial charge in [0.2, 0.25) is 5.95 Å². The summed E-state index contributed by atoms with van der Waals surface area (Å²) < 4.78 is 53.8. The smallest absolute Gasteiger partial charge is 0.225 e. The van der Waals surface area contributed by atoms with Crippen LogP contribution in [0.3, 0.4) is 0 Å². The van der Waals surface area contributed by atoms with Gasteiger partial charge in [0.15, 0.2) is 27.3 Å². The molecule has 0 unspecified atom stereocenters. The van der Waals surface area contributed by atoms with Crippen molar-refractivity contribution >= 4 is 15.8 Å². The fourth-order valence-corrected chi connectivity index (χ4v) is 6.48. The molecular formula is C26H28FN7O5S. The fourth-order valence-electron chi connectivity index (χ4n) is 4.78. The van der Waals surface area contributed by atoms with E-state index in [4.69, 9.17) is 9.47 Å². The summed E-state index contributed by atoms with van der Waals surface area (Å²) in [7, 11) is -0.912. The molecule has 3 aromatic heterocycles. The highest BCUT2D eigenvalue weighted by molar-refractivity contribution is 7.91. The monoisotopic (exact) mass is 569 g/mol. The first-order chi connectivity index (χ1) is 19.2. The molecule has 1 fully saturated rings. The average molecular weight is 570 g/mol. The summed E-state index contributed by atoms with van der Waals surface area (Å²) in [6.07, 6.45) is 4.37. The van der Waals surface area contributed by atoms with Gasteiger partial charge < -0.3 is 19.5 Å². The Kier molecular flexibility index (Phi) is 7.63. The van der Waals surface area contributed by atoms with E-state index in [2.05, 4.69) is 25.1 Å². The number of para-hydroxylation sites is 1. The Morgan fingerprint density at radius 1 is 1.05 bits per heavy atom. The number of rotatable bonds is 8. The molecular weight excluding hydrogens is 541 g/mol.